The predicted molar refractivity (Wildman–Crippen MR) is 122 cm³/mol. The van der Waals surface area contributed by atoms with E-state index in [4.69, 9.17) is 5.73 Å². The minimum absolute atomic E-state index is 0.420. The van der Waals surface area contributed by atoms with Crippen molar-refractivity contribution in [1.29, 1.82) is 0 Å². The molecule has 0 aliphatic carbocycles. The summed E-state index contributed by atoms with van der Waals surface area (Å²) in [4.78, 5) is 20.3. The minimum atomic E-state index is 0.420. The molecular formula is C23H29N7. The van der Waals surface area contributed by atoms with Gasteiger partial charge in [-0.3, -0.25) is 0 Å². The maximum absolute atomic E-state index is 6.66. The van der Waals surface area contributed by atoms with E-state index in [2.05, 4.69) is 55.9 Å². The molecule has 0 spiro atoms. The number of nitrogen functional groups attached to an aromatic ring is 1. The molecule has 1 fully saturated rings. The zero-order valence-corrected chi connectivity index (χ0v) is 17.6. The first-order chi connectivity index (χ1) is 14.6. The van der Waals surface area contributed by atoms with Gasteiger partial charge in [-0.15, -0.1) is 0 Å². The van der Waals surface area contributed by atoms with Crippen LogP contribution in [0.25, 0.3) is 0 Å². The summed E-state index contributed by atoms with van der Waals surface area (Å²) in [7, 11) is 4.25. The Morgan fingerprint density at radius 1 is 0.967 bits per heavy atom. The van der Waals surface area contributed by atoms with E-state index in [-0.39, 0.29) is 0 Å². The highest BCUT2D eigenvalue weighted by Crippen LogP contribution is 2.35. The Morgan fingerprint density at radius 2 is 1.67 bits per heavy atom. The Balaban J connectivity index is 1.68. The molecule has 0 saturated carbocycles. The Hall–Kier alpha value is -3.19. The molecule has 3 heterocycles. The Labute approximate surface area is 178 Å². The fraction of sp³-hybridized carbons (Fsp3) is 0.348. The van der Waals surface area contributed by atoms with Crippen LogP contribution in [-0.2, 0) is 6.54 Å². The molecule has 0 amide bonds. The van der Waals surface area contributed by atoms with Crippen LogP contribution in [0.5, 0.6) is 0 Å². The number of hydrogen-bond donors (Lipinski definition) is 1. The zero-order chi connectivity index (χ0) is 20.9. The van der Waals surface area contributed by atoms with Crippen LogP contribution >= 0.6 is 0 Å². The Kier molecular flexibility index (Phi) is 6.09. The molecule has 0 unspecified atom stereocenters. The average Bonchev–Trinajstić information content (AvgIpc) is 2.79. The first-order valence-electron chi connectivity index (χ1n) is 10.4. The van der Waals surface area contributed by atoms with Gasteiger partial charge in [0.2, 0.25) is 0 Å². The van der Waals surface area contributed by atoms with Gasteiger partial charge in [0.25, 0.3) is 0 Å². The standard InChI is InChI=1S/C23H29N7/c1-28-14-11-19(12-15-28)29(2)22-21(24)23(27-17-26-22)30(20-10-6-7-13-25-20)16-18-8-4-3-5-9-18/h3-10,13,17,19H,11-12,14-16,24H2,1-2H3. The van der Waals surface area contributed by atoms with Crippen LogP contribution < -0.4 is 15.5 Å². The predicted octanol–water partition coefficient (Wildman–Crippen LogP) is 3.32. The van der Waals surface area contributed by atoms with E-state index in [1.807, 2.05) is 36.4 Å². The van der Waals surface area contributed by atoms with Gasteiger partial charge in [-0.2, -0.15) is 0 Å². The third kappa shape index (κ3) is 4.36. The van der Waals surface area contributed by atoms with Crippen molar-refractivity contribution in [2.45, 2.75) is 25.4 Å². The van der Waals surface area contributed by atoms with Gasteiger partial charge in [-0.1, -0.05) is 36.4 Å². The van der Waals surface area contributed by atoms with Crippen LogP contribution in [0.2, 0.25) is 0 Å². The lowest BCUT2D eigenvalue weighted by molar-refractivity contribution is 0.252. The monoisotopic (exact) mass is 403 g/mol. The zero-order valence-electron chi connectivity index (χ0n) is 17.6. The van der Waals surface area contributed by atoms with E-state index in [1.165, 1.54) is 0 Å². The van der Waals surface area contributed by atoms with Gasteiger partial charge in [0.05, 0.1) is 6.54 Å². The second kappa shape index (κ2) is 9.09. The van der Waals surface area contributed by atoms with E-state index < -0.39 is 0 Å². The van der Waals surface area contributed by atoms with Crippen molar-refractivity contribution in [1.82, 2.24) is 19.9 Å². The molecule has 0 radical (unpaired) electrons. The van der Waals surface area contributed by atoms with E-state index in [9.17, 15) is 0 Å². The van der Waals surface area contributed by atoms with Crippen LogP contribution in [-0.4, -0.2) is 53.1 Å². The summed E-state index contributed by atoms with van der Waals surface area (Å²) in [6, 6.07) is 16.6. The second-order valence-corrected chi connectivity index (χ2v) is 7.84. The molecule has 1 aliphatic heterocycles. The molecule has 2 N–H and O–H groups in total. The molecule has 0 atom stereocenters. The summed E-state index contributed by atoms with van der Waals surface area (Å²) in [6.45, 7) is 2.79. The summed E-state index contributed by atoms with van der Waals surface area (Å²) in [5.74, 6) is 2.27. The molecule has 1 aromatic carbocycles. The van der Waals surface area contributed by atoms with E-state index in [1.54, 1.807) is 12.5 Å². The number of benzene rings is 1. The van der Waals surface area contributed by atoms with Crippen LogP contribution in [0.1, 0.15) is 18.4 Å². The van der Waals surface area contributed by atoms with Crippen LogP contribution in [0.4, 0.5) is 23.1 Å². The topological polar surface area (TPSA) is 74.4 Å². The van der Waals surface area contributed by atoms with Gasteiger partial charge in [-0.25, -0.2) is 15.0 Å². The van der Waals surface area contributed by atoms with Crippen molar-refractivity contribution >= 4 is 23.1 Å². The van der Waals surface area contributed by atoms with Gasteiger partial charge >= 0.3 is 0 Å². The third-order valence-corrected chi connectivity index (χ3v) is 5.78. The number of piperidine rings is 1. The maximum Gasteiger partial charge on any atom is 0.163 e. The number of aromatic nitrogens is 3. The molecule has 1 aliphatic rings. The molecule has 30 heavy (non-hydrogen) atoms. The first-order valence-corrected chi connectivity index (χ1v) is 10.4. The quantitative estimate of drug-likeness (QED) is 0.677. The number of nitrogens with two attached hydrogens (primary N) is 1. The number of anilines is 4. The molecule has 4 rings (SSSR count). The first kappa shape index (κ1) is 20.1. The van der Waals surface area contributed by atoms with Gasteiger partial charge in [0.1, 0.15) is 17.8 Å². The highest BCUT2D eigenvalue weighted by atomic mass is 15.3. The van der Waals surface area contributed by atoms with Crippen LogP contribution in [0.3, 0.4) is 0 Å². The molecule has 1 saturated heterocycles. The number of pyridine rings is 1. The van der Waals surface area contributed by atoms with Crippen LogP contribution in [0, 0.1) is 0 Å². The fourth-order valence-corrected chi connectivity index (χ4v) is 3.97. The smallest absolute Gasteiger partial charge is 0.163 e. The third-order valence-electron chi connectivity index (χ3n) is 5.78. The lowest BCUT2D eigenvalue weighted by atomic mass is 10.0. The summed E-state index contributed by atoms with van der Waals surface area (Å²) < 4.78 is 0. The number of hydrogen-bond acceptors (Lipinski definition) is 7. The Morgan fingerprint density at radius 3 is 2.37 bits per heavy atom. The van der Waals surface area contributed by atoms with Crippen molar-refractivity contribution < 1.29 is 0 Å². The normalized spacial score (nSPS) is 15.1. The van der Waals surface area contributed by atoms with Crippen molar-refractivity contribution in [3.8, 4) is 0 Å². The highest BCUT2D eigenvalue weighted by Gasteiger charge is 2.25. The second-order valence-electron chi connectivity index (χ2n) is 7.84. The minimum Gasteiger partial charge on any atom is -0.393 e. The summed E-state index contributed by atoms with van der Waals surface area (Å²) in [5, 5.41) is 0. The SMILES string of the molecule is CN1CCC(N(C)c2ncnc(N(Cc3ccccc3)c3ccccn3)c2N)CC1. The van der Waals surface area contributed by atoms with Gasteiger partial charge in [-0.05, 0) is 50.7 Å². The van der Waals surface area contributed by atoms with E-state index in [0.29, 0.717) is 24.1 Å². The number of likely N-dealkylation sites (tertiary alicyclic amines) is 1. The summed E-state index contributed by atoms with van der Waals surface area (Å²) >= 11 is 0. The summed E-state index contributed by atoms with van der Waals surface area (Å²) in [5.41, 5.74) is 8.41. The van der Waals surface area contributed by atoms with Crippen LogP contribution in [0.15, 0.2) is 61.1 Å². The molecule has 156 valence electrons. The molecule has 0 bridgehead atoms. The lowest BCUT2D eigenvalue weighted by Gasteiger charge is -2.36. The van der Waals surface area contributed by atoms with Gasteiger partial charge in [0.15, 0.2) is 11.6 Å². The van der Waals surface area contributed by atoms with Gasteiger partial charge in [0, 0.05) is 19.3 Å². The lowest BCUT2D eigenvalue weighted by Crippen LogP contribution is -2.42. The van der Waals surface area contributed by atoms with Crippen molar-refractivity contribution in [3.63, 3.8) is 0 Å². The fourth-order valence-electron chi connectivity index (χ4n) is 3.97. The summed E-state index contributed by atoms with van der Waals surface area (Å²) in [6.07, 6.45) is 5.59. The largest absolute Gasteiger partial charge is 0.393 e. The van der Waals surface area contributed by atoms with Gasteiger partial charge < -0.3 is 20.4 Å². The molecular weight excluding hydrogens is 374 g/mol. The van der Waals surface area contributed by atoms with E-state index >= 15 is 0 Å². The van der Waals surface area contributed by atoms with Crippen molar-refractivity contribution in [2.75, 3.05) is 42.7 Å². The highest BCUT2D eigenvalue weighted by molar-refractivity contribution is 5.79. The number of rotatable bonds is 6. The molecule has 7 nitrogen and oxygen atoms in total. The molecule has 3 aromatic rings. The molecule has 7 heteroatoms. The molecule has 2 aromatic heterocycles. The van der Waals surface area contributed by atoms with Crippen molar-refractivity contribution in [2.24, 2.45) is 0 Å². The Bertz CT molecular complexity index is 940. The van der Waals surface area contributed by atoms with Crippen molar-refractivity contribution in [3.05, 3.63) is 66.6 Å². The average molecular weight is 404 g/mol. The maximum atomic E-state index is 6.66. The van der Waals surface area contributed by atoms with E-state index in [0.717, 1.165) is 43.1 Å². The number of nitrogens with zero attached hydrogens (tertiary/aromatic N) is 6.